The molecule has 0 aromatic carbocycles. The van der Waals surface area contributed by atoms with E-state index < -0.39 is 0 Å². The zero-order valence-corrected chi connectivity index (χ0v) is 10.0. The van der Waals surface area contributed by atoms with Gasteiger partial charge in [-0.1, -0.05) is 6.92 Å². The van der Waals surface area contributed by atoms with Gasteiger partial charge in [-0.2, -0.15) is 15.0 Å². The van der Waals surface area contributed by atoms with Crippen LogP contribution in [0.25, 0.3) is 11.2 Å². The normalized spacial score (nSPS) is 12.6. The lowest BCUT2D eigenvalue weighted by molar-refractivity contribution is 0.200. The predicted octanol–water partition coefficient (Wildman–Crippen LogP) is 1.12. The molecule has 0 aliphatic heterocycles. The molecule has 92 valence electrons. The van der Waals surface area contributed by atoms with Crippen LogP contribution in [0.1, 0.15) is 20.3 Å². The van der Waals surface area contributed by atoms with Crippen LogP contribution in [-0.2, 0) is 0 Å². The Hall–Kier alpha value is -2.05. The molecule has 2 aromatic heterocycles. The molecule has 7 nitrogen and oxygen atoms in total. The highest BCUT2D eigenvalue weighted by atomic mass is 16.5. The van der Waals surface area contributed by atoms with Gasteiger partial charge >= 0.3 is 6.01 Å². The maximum Gasteiger partial charge on any atom is 0.320 e. The second-order valence-corrected chi connectivity index (χ2v) is 3.67. The third-order valence-electron chi connectivity index (χ3n) is 2.40. The molecule has 2 rings (SSSR count). The molecular weight excluding hydrogens is 222 g/mol. The van der Waals surface area contributed by atoms with E-state index in [9.17, 15) is 0 Å². The van der Waals surface area contributed by atoms with Gasteiger partial charge in [0.1, 0.15) is 0 Å². The number of nitrogens with two attached hydrogens (primary N) is 1. The van der Waals surface area contributed by atoms with E-state index in [-0.39, 0.29) is 17.9 Å². The largest absolute Gasteiger partial charge is 0.468 e. The van der Waals surface area contributed by atoms with Gasteiger partial charge in [-0.3, -0.25) is 4.98 Å². The topological polar surface area (TPSA) is 98.9 Å². The molecular formula is C10H15N5O2. The van der Waals surface area contributed by atoms with Crippen LogP contribution >= 0.6 is 0 Å². The van der Waals surface area contributed by atoms with E-state index in [1.807, 2.05) is 13.8 Å². The van der Waals surface area contributed by atoms with Crippen molar-refractivity contribution in [2.75, 3.05) is 12.8 Å². The number of fused-ring (bicyclic) bond motifs is 1. The van der Waals surface area contributed by atoms with E-state index in [0.29, 0.717) is 17.2 Å². The van der Waals surface area contributed by atoms with E-state index in [1.54, 1.807) is 0 Å². The van der Waals surface area contributed by atoms with Crippen LogP contribution < -0.4 is 15.2 Å². The van der Waals surface area contributed by atoms with Crippen molar-refractivity contribution in [2.45, 2.75) is 26.4 Å². The molecule has 2 aromatic rings. The number of H-pyrrole nitrogens is 1. The van der Waals surface area contributed by atoms with E-state index in [0.717, 1.165) is 6.42 Å². The van der Waals surface area contributed by atoms with E-state index in [2.05, 4.69) is 19.9 Å². The Kier molecular flexibility index (Phi) is 2.99. The first-order valence-corrected chi connectivity index (χ1v) is 5.38. The zero-order valence-electron chi connectivity index (χ0n) is 10.0. The molecule has 1 atom stereocenters. The van der Waals surface area contributed by atoms with Gasteiger partial charge in [0, 0.05) is 0 Å². The van der Waals surface area contributed by atoms with Crippen LogP contribution in [0.3, 0.4) is 0 Å². The average molecular weight is 237 g/mol. The SMILES string of the molecule is CC[C@H](C)Oc1nc(N)c2nc(OC)[nH]c2n1. The summed E-state index contributed by atoms with van der Waals surface area (Å²) >= 11 is 0. The first-order valence-electron chi connectivity index (χ1n) is 5.38. The van der Waals surface area contributed by atoms with Crippen LogP contribution in [0, 0.1) is 0 Å². The highest BCUT2D eigenvalue weighted by molar-refractivity contribution is 5.82. The Labute approximate surface area is 98.4 Å². The second-order valence-electron chi connectivity index (χ2n) is 3.67. The third kappa shape index (κ3) is 2.22. The molecule has 0 fully saturated rings. The van der Waals surface area contributed by atoms with Gasteiger partial charge in [-0.05, 0) is 13.3 Å². The lowest BCUT2D eigenvalue weighted by atomic mass is 10.3. The van der Waals surface area contributed by atoms with Crippen LogP contribution in [0.15, 0.2) is 0 Å². The van der Waals surface area contributed by atoms with Crippen molar-refractivity contribution < 1.29 is 9.47 Å². The fraction of sp³-hybridized carbons (Fsp3) is 0.500. The first kappa shape index (κ1) is 11.4. The van der Waals surface area contributed by atoms with Gasteiger partial charge in [0.25, 0.3) is 6.01 Å². The standard InChI is InChI=1S/C10H15N5O2/c1-4-5(2)17-10-13-7(11)6-8(15-10)14-9(12-6)16-3/h5H,4H2,1-3H3,(H3,11,12,13,14,15)/t5-/m0/s1. The summed E-state index contributed by atoms with van der Waals surface area (Å²) in [5, 5.41) is 0. The Morgan fingerprint density at radius 3 is 2.76 bits per heavy atom. The van der Waals surface area contributed by atoms with Crippen molar-refractivity contribution >= 4 is 17.0 Å². The highest BCUT2D eigenvalue weighted by Gasteiger charge is 2.13. The fourth-order valence-electron chi connectivity index (χ4n) is 1.29. The maximum absolute atomic E-state index is 5.77. The number of nitrogens with zero attached hydrogens (tertiary/aromatic N) is 3. The maximum atomic E-state index is 5.77. The minimum atomic E-state index is 0.0386. The number of aromatic amines is 1. The predicted molar refractivity (Wildman–Crippen MR) is 63.0 cm³/mol. The van der Waals surface area contributed by atoms with E-state index >= 15 is 0 Å². The number of ether oxygens (including phenoxy) is 2. The van der Waals surface area contributed by atoms with Gasteiger partial charge in [-0.15, -0.1) is 0 Å². The smallest absolute Gasteiger partial charge is 0.320 e. The van der Waals surface area contributed by atoms with Crippen molar-refractivity contribution in [1.29, 1.82) is 0 Å². The lowest BCUT2D eigenvalue weighted by Crippen LogP contribution is -2.12. The molecule has 0 radical (unpaired) electrons. The molecule has 0 amide bonds. The molecule has 3 N–H and O–H groups in total. The van der Waals surface area contributed by atoms with Crippen molar-refractivity contribution in [1.82, 2.24) is 19.9 Å². The molecule has 7 heteroatoms. The first-order chi connectivity index (χ1) is 8.13. The van der Waals surface area contributed by atoms with Crippen LogP contribution in [0.4, 0.5) is 5.82 Å². The molecule has 0 bridgehead atoms. The monoisotopic (exact) mass is 237 g/mol. The molecule has 17 heavy (non-hydrogen) atoms. The number of hydrogen-bond donors (Lipinski definition) is 2. The van der Waals surface area contributed by atoms with Crippen molar-refractivity contribution in [3.05, 3.63) is 0 Å². The van der Waals surface area contributed by atoms with Gasteiger partial charge in [-0.25, -0.2) is 0 Å². The minimum absolute atomic E-state index is 0.0386. The number of aromatic nitrogens is 4. The summed E-state index contributed by atoms with van der Waals surface area (Å²) in [7, 11) is 1.51. The Bertz CT molecular complexity index is 525. The van der Waals surface area contributed by atoms with Crippen molar-refractivity contribution in [3.63, 3.8) is 0 Å². The van der Waals surface area contributed by atoms with Gasteiger partial charge < -0.3 is 15.2 Å². The third-order valence-corrected chi connectivity index (χ3v) is 2.40. The fourth-order valence-corrected chi connectivity index (χ4v) is 1.29. The molecule has 0 spiro atoms. The van der Waals surface area contributed by atoms with Gasteiger partial charge in [0.2, 0.25) is 0 Å². The summed E-state index contributed by atoms with van der Waals surface area (Å²) in [4.78, 5) is 15.2. The second kappa shape index (κ2) is 4.44. The summed E-state index contributed by atoms with van der Waals surface area (Å²) < 4.78 is 10.5. The number of anilines is 1. The van der Waals surface area contributed by atoms with Crippen LogP contribution in [-0.4, -0.2) is 33.1 Å². The molecule has 0 saturated carbocycles. The average Bonchev–Trinajstić information content (AvgIpc) is 2.72. The van der Waals surface area contributed by atoms with Gasteiger partial charge in [0.05, 0.1) is 13.2 Å². The van der Waals surface area contributed by atoms with E-state index in [1.165, 1.54) is 7.11 Å². The lowest BCUT2D eigenvalue weighted by Gasteiger charge is -2.10. The number of imidazole rings is 1. The number of nitrogens with one attached hydrogen (secondary N) is 1. The molecule has 0 saturated heterocycles. The summed E-state index contributed by atoms with van der Waals surface area (Å²) in [5.74, 6) is 0.271. The Balaban J connectivity index is 2.40. The highest BCUT2D eigenvalue weighted by Crippen LogP contribution is 2.21. The molecule has 0 aliphatic carbocycles. The number of nitrogen functional groups attached to an aromatic ring is 1. The Morgan fingerprint density at radius 1 is 1.35 bits per heavy atom. The molecule has 2 heterocycles. The van der Waals surface area contributed by atoms with Crippen LogP contribution in [0.2, 0.25) is 0 Å². The molecule has 0 aliphatic rings. The summed E-state index contributed by atoms with van der Waals surface area (Å²) in [5.41, 5.74) is 6.76. The van der Waals surface area contributed by atoms with Crippen LogP contribution in [0.5, 0.6) is 12.0 Å². The number of hydrogen-bond acceptors (Lipinski definition) is 6. The number of methoxy groups -OCH3 is 1. The summed E-state index contributed by atoms with van der Waals surface area (Å²) in [6.07, 6.45) is 0.907. The zero-order chi connectivity index (χ0) is 12.4. The molecule has 0 unspecified atom stereocenters. The van der Waals surface area contributed by atoms with E-state index in [4.69, 9.17) is 15.2 Å². The van der Waals surface area contributed by atoms with Crippen molar-refractivity contribution in [3.8, 4) is 12.0 Å². The quantitative estimate of drug-likeness (QED) is 0.826. The van der Waals surface area contributed by atoms with Crippen molar-refractivity contribution in [2.24, 2.45) is 0 Å². The summed E-state index contributed by atoms with van der Waals surface area (Å²) in [6, 6.07) is 0.595. The summed E-state index contributed by atoms with van der Waals surface area (Å²) in [6.45, 7) is 3.96. The Morgan fingerprint density at radius 2 is 2.12 bits per heavy atom. The minimum Gasteiger partial charge on any atom is -0.468 e. The van der Waals surface area contributed by atoms with Gasteiger partial charge in [0.15, 0.2) is 17.0 Å². The number of rotatable bonds is 4.